The quantitative estimate of drug-likeness (QED) is 0.542. The van der Waals surface area contributed by atoms with Gasteiger partial charge in [-0.1, -0.05) is 29.8 Å². The summed E-state index contributed by atoms with van der Waals surface area (Å²) in [5.41, 5.74) is 1.80. The molecule has 0 spiro atoms. The van der Waals surface area contributed by atoms with E-state index in [1.54, 1.807) is 0 Å². The van der Waals surface area contributed by atoms with Gasteiger partial charge in [0.05, 0.1) is 0 Å². The van der Waals surface area contributed by atoms with Crippen LogP contribution < -0.4 is 10.6 Å². The van der Waals surface area contributed by atoms with Crippen molar-refractivity contribution in [3.8, 4) is 0 Å². The summed E-state index contributed by atoms with van der Waals surface area (Å²) in [5, 5.41) is 5.40. The molecule has 21 heavy (non-hydrogen) atoms. The van der Waals surface area contributed by atoms with Gasteiger partial charge in [0.2, 0.25) is 0 Å². The minimum Gasteiger partial charge on any atom is -0.382 e. The first-order chi connectivity index (χ1) is 10.1. The van der Waals surface area contributed by atoms with E-state index in [2.05, 4.69) is 10.6 Å². The molecular formula is C16H24N2O3. The van der Waals surface area contributed by atoms with E-state index in [1.807, 2.05) is 38.1 Å². The number of urea groups is 1. The van der Waals surface area contributed by atoms with Gasteiger partial charge in [-0.15, -0.1) is 0 Å². The molecule has 1 aromatic rings. The zero-order chi connectivity index (χ0) is 15.5. The van der Waals surface area contributed by atoms with Crippen molar-refractivity contribution in [2.45, 2.75) is 26.7 Å². The molecule has 116 valence electrons. The van der Waals surface area contributed by atoms with Crippen LogP contribution in [-0.2, 0) is 4.74 Å². The summed E-state index contributed by atoms with van der Waals surface area (Å²) in [6, 6.07) is 7.19. The molecule has 5 heteroatoms. The number of rotatable bonds is 9. The van der Waals surface area contributed by atoms with Gasteiger partial charge in [0.15, 0.2) is 5.78 Å². The summed E-state index contributed by atoms with van der Waals surface area (Å²) < 4.78 is 5.17. The lowest BCUT2D eigenvalue weighted by Gasteiger charge is -2.07. The molecule has 0 saturated carbocycles. The molecule has 1 aromatic carbocycles. The van der Waals surface area contributed by atoms with E-state index in [-0.39, 0.29) is 11.8 Å². The number of hydrogen-bond donors (Lipinski definition) is 2. The fourth-order valence-corrected chi connectivity index (χ4v) is 1.76. The molecule has 2 amide bonds. The summed E-state index contributed by atoms with van der Waals surface area (Å²) >= 11 is 0. The molecule has 0 bridgehead atoms. The smallest absolute Gasteiger partial charge is 0.314 e. The number of carbonyl (C=O) groups excluding carboxylic acids is 2. The van der Waals surface area contributed by atoms with Crippen molar-refractivity contribution in [1.29, 1.82) is 0 Å². The largest absolute Gasteiger partial charge is 0.382 e. The van der Waals surface area contributed by atoms with E-state index < -0.39 is 0 Å². The van der Waals surface area contributed by atoms with Gasteiger partial charge >= 0.3 is 6.03 Å². The Bertz CT molecular complexity index is 443. The van der Waals surface area contributed by atoms with Crippen molar-refractivity contribution in [3.05, 3.63) is 35.4 Å². The highest BCUT2D eigenvalue weighted by atomic mass is 16.5. The second-order valence-electron chi connectivity index (χ2n) is 4.77. The van der Waals surface area contributed by atoms with Crippen LogP contribution in [-0.4, -0.2) is 38.1 Å². The molecule has 0 aromatic heterocycles. The summed E-state index contributed by atoms with van der Waals surface area (Å²) in [6.45, 7) is 6.15. The zero-order valence-electron chi connectivity index (χ0n) is 12.8. The number of aryl methyl sites for hydroxylation is 1. The Morgan fingerprint density at radius 2 is 1.76 bits per heavy atom. The third kappa shape index (κ3) is 7.46. The second kappa shape index (κ2) is 9.94. The summed E-state index contributed by atoms with van der Waals surface area (Å²) in [4.78, 5) is 23.3. The van der Waals surface area contributed by atoms with E-state index in [0.717, 1.165) is 12.0 Å². The van der Waals surface area contributed by atoms with Crippen molar-refractivity contribution in [2.75, 3.05) is 26.3 Å². The number of hydrogen-bond acceptors (Lipinski definition) is 3. The Labute approximate surface area is 126 Å². The monoisotopic (exact) mass is 292 g/mol. The SMILES string of the molecule is CCOCCCNC(=O)NCCC(=O)c1ccc(C)cc1. The Balaban J connectivity index is 2.13. The predicted octanol–water partition coefficient (Wildman–Crippen LogP) is 2.29. The van der Waals surface area contributed by atoms with E-state index in [4.69, 9.17) is 4.74 Å². The van der Waals surface area contributed by atoms with Crippen LogP contribution in [0.5, 0.6) is 0 Å². The topological polar surface area (TPSA) is 67.4 Å². The molecule has 0 heterocycles. The van der Waals surface area contributed by atoms with Gasteiger partial charge in [-0.3, -0.25) is 4.79 Å². The number of nitrogens with one attached hydrogen (secondary N) is 2. The minimum atomic E-state index is -0.247. The number of benzene rings is 1. The average molecular weight is 292 g/mol. The molecule has 5 nitrogen and oxygen atoms in total. The van der Waals surface area contributed by atoms with Crippen LogP contribution in [0.1, 0.15) is 35.7 Å². The predicted molar refractivity (Wildman–Crippen MR) is 82.6 cm³/mol. The normalized spacial score (nSPS) is 10.2. The molecule has 2 N–H and O–H groups in total. The molecule has 0 aliphatic carbocycles. The Hall–Kier alpha value is -1.88. The Morgan fingerprint density at radius 3 is 2.43 bits per heavy atom. The molecule has 0 aliphatic rings. The van der Waals surface area contributed by atoms with Gasteiger partial charge in [-0.2, -0.15) is 0 Å². The fourth-order valence-electron chi connectivity index (χ4n) is 1.76. The first-order valence-corrected chi connectivity index (χ1v) is 7.32. The van der Waals surface area contributed by atoms with Gasteiger partial charge < -0.3 is 15.4 Å². The summed E-state index contributed by atoms with van der Waals surface area (Å²) in [6.07, 6.45) is 1.08. The van der Waals surface area contributed by atoms with Gasteiger partial charge in [0.25, 0.3) is 0 Å². The third-order valence-corrected chi connectivity index (χ3v) is 2.97. The number of ether oxygens (including phenoxy) is 1. The van der Waals surface area contributed by atoms with Crippen LogP contribution in [0.3, 0.4) is 0 Å². The first-order valence-electron chi connectivity index (χ1n) is 7.32. The third-order valence-electron chi connectivity index (χ3n) is 2.97. The minimum absolute atomic E-state index is 0.0339. The number of ketones is 1. The molecule has 0 atom stereocenters. The van der Waals surface area contributed by atoms with E-state index >= 15 is 0 Å². The average Bonchev–Trinajstić information content (AvgIpc) is 2.47. The lowest BCUT2D eigenvalue weighted by molar-refractivity contribution is 0.0983. The van der Waals surface area contributed by atoms with Gasteiger partial charge in [-0.05, 0) is 20.3 Å². The summed E-state index contributed by atoms with van der Waals surface area (Å²) in [7, 11) is 0. The van der Waals surface area contributed by atoms with Crippen LogP contribution in [0.25, 0.3) is 0 Å². The second-order valence-corrected chi connectivity index (χ2v) is 4.77. The van der Waals surface area contributed by atoms with Gasteiger partial charge in [-0.25, -0.2) is 4.79 Å². The van der Waals surface area contributed by atoms with Crippen LogP contribution in [0, 0.1) is 6.92 Å². The maximum atomic E-state index is 11.9. The van der Waals surface area contributed by atoms with Gasteiger partial charge in [0.1, 0.15) is 0 Å². The molecule has 0 fully saturated rings. The van der Waals surface area contributed by atoms with E-state index in [0.29, 0.717) is 38.3 Å². The molecule has 0 saturated heterocycles. The lowest BCUT2D eigenvalue weighted by Crippen LogP contribution is -2.37. The maximum Gasteiger partial charge on any atom is 0.314 e. The fraction of sp³-hybridized carbons (Fsp3) is 0.500. The van der Waals surface area contributed by atoms with Crippen LogP contribution >= 0.6 is 0 Å². The van der Waals surface area contributed by atoms with Crippen LogP contribution in [0.4, 0.5) is 4.79 Å². The van der Waals surface area contributed by atoms with E-state index in [9.17, 15) is 9.59 Å². The Kier molecular flexibility index (Phi) is 8.12. The van der Waals surface area contributed by atoms with E-state index in [1.165, 1.54) is 0 Å². The highest BCUT2D eigenvalue weighted by Crippen LogP contribution is 2.05. The van der Waals surface area contributed by atoms with Crippen molar-refractivity contribution >= 4 is 11.8 Å². The standard InChI is InChI=1S/C16H24N2O3/c1-3-21-12-4-10-17-16(20)18-11-9-15(19)14-7-5-13(2)6-8-14/h5-8H,3-4,9-12H2,1-2H3,(H2,17,18,20). The molecule has 0 aliphatic heterocycles. The zero-order valence-corrected chi connectivity index (χ0v) is 12.8. The molecular weight excluding hydrogens is 268 g/mol. The van der Waals surface area contributed by atoms with Crippen molar-refractivity contribution < 1.29 is 14.3 Å². The maximum absolute atomic E-state index is 11.9. The lowest BCUT2D eigenvalue weighted by atomic mass is 10.1. The highest BCUT2D eigenvalue weighted by Gasteiger charge is 2.06. The first kappa shape index (κ1) is 17.2. The van der Waals surface area contributed by atoms with Crippen molar-refractivity contribution in [2.24, 2.45) is 0 Å². The van der Waals surface area contributed by atoms with Crippen LogP contribution in [0.2, 0.25) is 0 Å². The highest BCUT2D eigenvalue weighted by molar-refractivity contribution is 5.96. The number of Topliss-reactive ketones (excluding diaryl/α,β-unsaturated/α-hetero) is 1. The number of carbonyl (C=O) groups is 2. The summed E-state index contributed by atoms with van der Waals surface area (Å²) in [5.74, 6) is 0.0339. The van der Waals surface area contributed by atoms with Crippen molar-refractivity contribution in [1.82, 2.24) is 10.6 Å². The molecule has 1 rings (SSSR count). The van der Waals surface area contributed by atoms with Crippen LogP contribution in [0.15, 0.2) is 24.3 Å². The Morgan fingerprint density at radius 1 is 1.10 bits per heavy atom. The van der Waals surface area contributed by atoms with Crippen molar-refractivity contribution in [3.63, 3.8) is 0 Å². The number of amides is 2. The van der Waals surface area contributed by atoms with Gasteiger partial charge in [0, 0.05) is 38.3 Å². The molecule has 0 unspecified atom stereocenters. The molecule has 0 radical (unpaired) electrons.